The van der Waals surface area contributed by atoms with Gasteiger partial charge in [0, 0.05) is 19.1 Å². The molecule has 0 saturated heterocycles. The molecule has 2 aromatic rings. The Bertz CT molecular complexity index is 542. The van der Waals surface area contributed by atoms with Crippen LogP contribution < -0.4 is 5.32 Å². The first-order chi connectivity index (χ1) is 8.06. The van der Waals surface area contributed by atoms with E-state index in [1.54, 1.807) is 6.92 Å². The molecule has 0 atom stereocenters. The fraction of sp³-hybridized carbons (Fsp3) is 0.200. The standard InChI is InChI=1S/C10H8F3N3O/c1-5-15-16-10(17-5)4-14-9-3-7(12)6(11)2-8(9)13/h2-3,14H,4H2,1H3. The molecule has 0 spiro atoms. The van der Waals surface area contributed by atoms with Crippen LogP contribution in [0.1, 0.15) is 11.8 Å². The van der Waals surface area contributed by atoms with Gasteiger partial charge in [0.2, 0.25) is 11.8 Å². The summed E-state index contributed by atoms with van der Waals surface area (Å²) in [7, 11) is 0. The highest BCUT2D eigenvalue weighted by atomic mass is 19.2. The largest absolute Gasteiger partial charge is 0.424 e. The van der Waals surface area contributed by atoms with Gasteiger partial charge in [-0.05, 0) is 0 Å². The smallest absolute Gasteiger partial charge is 0.235 e. The van der Waals surface area contributed by atoms with Crippen LogP contribution in [0.2, 0.25) is 0 Å². The van der Waals surface area contributed by atoms with Gasteiger partial charge in [0.25, 0.3) is 0 Å². The molecule has 0 saturated carbocycles. The molecule has 0 amide bonds. The molecule has 90 valence electrons. The van der Waals surface area contributed by atoms with E-state index in [1.807, 2.05) is 0 Å². The first kappa shape index (κ1) is 11.4. The van der Waals surface area contributed by atoms with Crippen LogP contribution in [0.3, 0.4) is 0 Å². The fourth-order valence-corrected chi connectivity index (χ4v) is 1.24. The quantitative estimate of drug-likeness (QED) is 0.841. The summed E-state index contributed by atoms with van der Waals surface area (Å²) in [5, 5.41) is 9.76. The van der Waals surface area contributed by atoms with Crippen molar-refractivity contribution in [3.63, 3.8) is 0 Å². The van der Waals surface area contributed by atoms with Crippen molar-refractivity contribution in [1.29, 1.82) is 0 Å². The van der Waals surface area contributed by atoms with Crippen LogP contribution in [0.15, 0.2) is 16.5 Å². The number of nitrogens with zero attached hydrogens (tertiary/aromatic N) is 2. The van der Waals surface area contributed by atoms with Crippen molar-refractivity contribution in [2.24, 2.45) is 0 Å². The minimum Gasteiger partial charge on any atom is -0.424 e. The van der Waals surface area contributed by atoms with Crippen LogP contribution in [-0.4, -0.2) is 10.2 Å². The van der Waals surface area contributed by atoms with Gasteiger partial charge in [0.15, 0.2) is 11.6 Å². The Balaban J connectivity index is 2.11. The van der Waals surface area contributed by atoms with E-state index in [0.29, 0.717) is 12.0 Å². The van der Waals surface area contributed by atoms with Gasteiger partial charge in [-0.15, -0.1) is 10.2 Å². The molecule has 0 aliphatic rings. The normalized spacial score (nSPS) is 10.6. The molecule has 1 N–H and O–H groups in total. The molecule has 0 bridgehead atoms. The minimum atomic E-state index is -1.23. The Hall–Kier alpha value is -2.05. The molecule has 7 heteroatoms. The third kappa shape index (κ3) is 2.55. The number of anilines is 1. The molecule has 4 nitrogen and oxygen atoms in total. The molecule has 0 radical (unpaired) electrons. The Morgan fingerprint density at radius 3 is 2.47 bits per heavy atom. The fourth-order valence-electron chi connectivity index (χ4n) is 1.24. The third-order valence-electron chi connectivity index (χ3n) is 2.01. The molecule has 0 unspecified atom stereocenters. The van der Waals surface area contributed by atoms with Crippen LogP contribution in [0.4, 0.5) is 18.9 Å². The number of aromatic nitrogens is 2. The van der Waals surface area contributed by atoms with Gasteiger partial charge in [0.1, 0.15) is 5.82 Å². The predicted molar refractivity (Wildman–Crippen MR) is 52.7 cm³/mol. The van der Waals surface area contributed by atoms with Crippen molar-refractivity contribution in [1.82, 2.24) is 10.2 Å². The maximum Gasteiger partial charge on any atom is 0.235 e. The molecular formula is C10H8F3N3O. The van der Waals surface area contributed by atoms with Crippen molar-refractivity contribution in [2.75, 3.05) is 5.32 Å². The monoisotopic (exact) mass is 243 g/mol. The lowest BCUT2D eigenvalue weighted by atomic mass is 10.3. The highest BCUT2D eigenvalue weighted by Crippen LogP contribution is 2.18. The summed E-state index contributed by atoms with van der Waals surface area (Å²) in [6, 6.07) is 1.20. The van der Waals surface area contributed by atoms with Crippen LogP contribution in [0.5, 0.6) is 0 Å². The van der Waals surface area contributed by atoms with Crippen LogP contribution in [-0.2, 0) is 6.54 Å². The summed E-state index contributed by atoms with van der Waals surface area (Å²) in [6.45, 7) is 1.64. The van der Waals surface area contributed by atoms with Crippen LogP contribution in [0.25, 0.3) is 0 Å². The van der Waals surface area contributed by atoms with Gasteiger partial charge in [0.05, 0.1) is 12.2 Å². The first-order valence-corrected chi connectivity index (χ1v) is 4.73. The number of aryl methyl sites for hydroxylation is 1. The summed E-state index contributed by atoms with van der Waals surface area (Å²) in [5.74, 6) is -2.66. The summed E-state index contributed by atoms with van der Waals surface area (Å²) >= 11 is 0. The lowest BCUT2D eigenvalue weighted by molar-refractivity contribution is 0.473. The number of rotatable bonds is 3. The minimum absolute atomic E-state index is 0.0306. The topological polar surface area (TPSA) is 51.0 Å². The summed E-state index contributed by atoms with van der Waals surface area (Å²) in [4.78, 5) is 0. The third-order valence-corrected chi connectivity index (χ3v) is 2.01. The zero-order chi connectivity index (χ0) is 12.4. The van der Waals surface area contributed by atoms with Gasteiger partial charge in [-0.3, -0.25) is 0 Å². The lowest BCUT2D eigenvalue weighted by Gasteiger charge is -2.05. The second-order valence-corrected chi connectivity index (χ2v) is 3.31. The van der Waals surface area contributed by atoms with E-state index in [-0.39, 0.29) is 18.1 Å². The van der Waals surface area contributed by atoms with Crippen molar-refractivity contribution in [3.05, 3.63) is 41.4 Å². The highest BCUT2D eigenvalue weighted by Gasteiger charge is 2.10. The highest BCUT2D eigenvalue weighted by molar-refractivity contribution is 5.45. The molecule has 17 heavy (non-hydrogen) atoms. The number of hydrogen-bond acceptors (Lipinski definition) is 4. The number of nitrogens with one attached hydrogen (secondary N) is 1. The van der Waals surface area contributed by atoms with Gasteiger partial charge < -0.3 is 9.73 Å². The van der Waals surface area contributed by atoms with Crippen LogP contribution in [0, 0.1) is 24.4 Å². The van der Waals surface area contributed by atoms with E-state index in [2.05, 4.69) is 15.5 Å². The van der Waals surface area contributed by atoms with Gasteiger partial charge in [-0.1, -0.05) is 0 Å². The van der Waals surface area contributed by atoms with Crippen molar-refractivity contribution >= 4 is 5.69 Å². The van der Waals surface area contributed by atoms with Crippen molar-refractivity contribution < 1.29 is 17.6 Å². The average molecular weight is 243 g/mol. The average Bonchev–Trinajstić information content (AvgIpc) is 2.68. The number of hydrogen-bond donors (Lipinski definition) is 1. The maximum atomic E-state index is 13.2. The SMILES string of the molecule is Cc1nnc(CNc2cc(F)c(F)cc2F)o1. The molecule has 0 aliphatic heterocycles. The molecule has 1 heterocycles. The Labute approximate surface area is 94.5 Å². The Morgan fingerprint density at radius 2 is 1.82 bits per heavy atom. The zero-order valence-electron chi connectivity index (χ0n) is 8.80. The van der Waals surface area contributed by atoms with Crippen LogP contribution >= 0.6 is 0 Å². The Morgan fingerprint density at radius 1 is 1.12 bits per heavy atom. The molecule has 0 fully saturated rings. The second kappa shape index (κ2) is 4.44. The molecule has 1 aromatic carbocycles. The first-order valence-electron chi connectivity index (χ1n) is 4.73. The molecule has 2 rings (SSSR count). The van der Waals surface area contributed by atoms with E-state index >= 15 is 0 Å². The van der Waals surface area contributed by atoms with Gasteiger partial charge in [-0.2, -0.15) is 0 Å². The predicted octanol–water partition coefficient (Wildman–Crippen LogP) is 2.41. The summed E-state index contributed by atoms with van der Waals surface area (Å²) in [5.41, 5.74) is -0.167. The second-order valence-electron chi connectivity index (χ2n) is 3.31. The number of benzene rings is 1. The van der Waals surface area contributed by atoms with E-state index in [0.717, 1.165) is 6.07 Å². The molecular weight excluding hydrogens is 235 g/mol. The maximum absolute atomic E-state index is 13.2. The van der Waals surface area contributed by atoms with Gasteiger partial charge >= 0.3 is 0 Å². The summed E-state index contributed by atoms with van der Waals surface area (Å²) < 4.78 is 43.7. The van der Waals surface area contributed by atoms with E-state index in [9.17, 15) is 13.2 Å². The zero-order valence-corrected chi connectivity index (χ0v) is 8.80. The number of halogens is 3. The van der Waals surface area contributed by atoms with E-state index in [1.165, 1.54) is 0 Å². The summed E-state index contributed by atoms with van der Waals surface area (Å²) in [6.07, 6.45) is 0. The van der Waals surface area contributed by atoms with Gasteiger partial charge in [-0.25, -0.2) is 13.2 Å². The van der Waals surface area contributed by atoms with Crippen molar-refractivity contribution in [3.8, 4) is 0 Å². The lowest BCUT2D eigenvalue weighted by Crippen LogP contribution is -2.03. The van der Waals surface area contributed by atoms with E-state index < -0.39 is 17.5 Å². The van der Waals surface area contributed by atoms with E-state index in [4.69, 9.17) is 4.42 Å². The molecule has 1 aromatic heterocycles. The van der Waals surface area contributed by atoms with Crippen molar-refractivity contribution in [2.45, 2.75) is 13.5 Å². The Kier molecular flexibility index (Phi) is 2.99. The molecule has 0 aliphatic carbocycles.